The summed E-state index contributed by atoms with van der Waals surface area (Å²) in [5.74, 6) is 1.14. The van der Waals surface area contributed by atoms with Crippen LogP contribution in [0.1, 0.15) is 37.4 Å². The van der Waals surface area contributed by atoms with Crippen LogP contribution in [0.4, 0.5) is 5.69 Å². The van der Waals surface area contributed by atoms with Gasteiger partial charge in [0.1, 0.15) is 17.1 Å². The van der Waals surface area contributed by atoms with Gasteiger partial charge in [0.15, 0.2) is 0 Å². The molecule has 0 saturated carbocycles. The highest BCUT2D eigenvalue weighted by Gasteiger charge is 2.34. The average molecular weight is 382 g/mol. The summed E-state index contributed by atoms with van der Waals surface area (Å²) in [6, 6.07) is 11.4. The Morgan fingerprint density at radius 3 is 2.64 bits per heavy atom. The second kappa shape index (κ2) is 7.72. The van der Waals surface area contributed by atoms with Gasteiger partial charge in [-0.25, -0.2) is 0 Å². The van der Waals surface area contributed by atoms with E-state index in [9.17, 15) is 14.9 Å². The highest BCUT2D eigenvalue weighted by molar-refractivity contribution is 5.92. The highest BCUT2D eigenvalue weighted by Crippen LogP contribution is 2.41. The number of rotatable bonds is 5. The van der Waals surface area contributed by atoms with Crippen molar-refractivity contribution >= 4 is 17.7 Å². The molecule has 1 aliphatic rings. The predicted molar refractivity (Wildman–Crippen MR) is 105 cm³/mol. The predicted octanol–water partition coefficient (Wildman–Crippen LogP) is 4.04. The number of ether oxygens (including phenoxy) is 2. The van der Waals surface area contributed by atoms with Crippen molar-refractivity contribution in [3.63, 3.8) is 0 Å². The van der Waals surface area contributed by atoms with Crippen molar-refractivity contribution in [2.24, 2.45) is 0 Å². The van der Waals surface area contributed by atoms with Crippen LogP contribution in [0.5, 0.6) is 11.5 Å². The molecule has 1 aliphatic heterocycles. The topological polar surface area (TPSA) is 90.7 Å². The number of fused-ring (bicyclic) bond motifs is 1. The number of nitro groups is 1. The second-order valence-electron chi connectivity index (χ2n) is 7.21. The van der Waals surface area contributed by atoms with Crippen molar-refractivity contribution in [3.05, 3.63) is 69.8 Å². The number of nitro benzene ring substituents is 1. The summed E-state index contributed by atoms with van der Waals surface area (Å²) in [6.45, 7) is 3.95. The zero-order chi connectivity index (χ0) is 20.3. The van der Waals surface area contributed by atoms with E-state index in [1.807, 2.05) is 32.0 Å². The van der Waals surface area contributed by atoms with Crippen LogP contribution in [0, 0.1) is 10.1 Å². The Balaban J connectivity index is 1.73. The first-order valence-corrected chi connectivity index (χ1v) is 8.87. The van der Waals surface area contributed by atoms with Gasteiger partial charge in [-0.3, -0.25) is 14.9 Å². The smallest absolute Gasteiger partial charge is 0.269 e. The van der Waals surface area contributed by atoms with Crippen LogP contribution < -0.4 is 14.8 Å². The van der Waals surface area contributed by atoms with Crippen molar-refractivity contribution in [2.45, 2.75) is 31.9 Å². The monoisotopic (exact) mass is 382 g/mol. The average Bonchev–Trinajstić information content (AvgIpc) is 2.65. The van der Waals surface area contributed by atoms with Crippen LogP contribution in [0.25, 0.3) is 6.08 Å². The maximum absolute atomic E-state index is 12.4. The van der Waals surface area contributed by atoms with Crippen molar-refractivity contribution in [1.82, 2.24) is 5.32 Å². The molecule has 3 rings (SSSR count). The lowest BCUT2D eigenvalue weighted by molar-refractivity contribution is -0.384. The number of amides is 1. The molecule has 1 amide bonds. The van der Waals surface area contributed by atoms with E-state index in [0.29, 0.717) is 23.5 Å². The molecule has 0 aromatic heterocycles. The summed E-state index contributed by atoms with van der Waals surface area (Å²) in [7, 11) is 1.60. The third-order valence-corrected chi connectivity index (χ3v) is 4.53. The molecule has 1 N–H and O–H groups in total. The van der Waals surface area contributed by atoms with E-state index < -0.39 is 10.5 Å². The Bertz CT molecular complexity index is 919. The van der Waals surface area contributed by atoms with Crippen LogP contribution in [-0.4, -0.2) is 23.5 Å². The number of nitrogens with one attached hydrogen (secondary N) is 1. The van der Waals surface area contributed by atoms with Gasteiger partial charge in [0.25, 0.3) is 5.69 Å². The van der Waals surface area contributed by atoms with Gasteiger partial charge < -0.3 is 14.8 Å². The summed E-state index contributed by atoms with van der Waals surface area (Å²) in [4.78, 5) is 22.7. The maximum atomic E-state index is 12.4. The molecule has 0 bridgehead atoms. The minimum Gasteiger partial charge on any atom is -0.497 e. The Morgan fingerprint density at radius 2 is 2.00 bits per heavy atom. The molecule has 0 aliphatic carbocycles. The van der Waals surface area contributed by atoms with Gasteiger partial charge in [0.2, 0.25) is 5.91 Å². The number of carbonyl (C=O) groups excluding carboxylic acids is 1. The number of hydrogen-bond donors (Lipinski definition) is 1. The van der Waals surface area contributed by atoms with Gasteiger partial charge in [0.05, 0.1) is 18.1 Å². The van der Waals surface area contributed by atoms with Crippen LogP contribution in [0.2, 0.25) is 0 Å². The van der Waals surface area contributed by atoms with Crippen molar-refractivity contribution < 1.29 is 19.2 Å². The van der Waals surface area contributed by atoms with Crippen LogP contribution in [-0.2, 0) is 4.79 Å². The third-order valence-electron chi connectivity index (χ3n) is 4.53. The minimum absolute atomic E-state index is 0.0121. The van der Waals surface area contributed by atoms with Crippen molar-refractivity contribution in [1.29, 1.82) is 0 Å². The van der Waals surface area contributed by atoms with Gasteiger partial charge >= 0.3 is 0 Å². The number of hydrogen-bond acceptors (Lipinski definition) is 5. The van der Waals surface area contributed by atoms with E-state index in [-0.39, 0.29) is 17.6 Å². The fourth-order valence-corrected chi connectivity index (χ4v) is 3.19. The number of non-ortho nitro benzene ring substituents is 1. The molecule has 0 fully saturated rings. The number of nitrogens with zero attached hydrogens (tertiary/aromatic N) is 1. The molecule has 2 aromatic carbocycles. The molecule has 146 valence electrons. The van der Waals surface area contributed by atoms with E-state index in [4.69, 9.17) is 9.47 Å². The summed E-state index contributed by atoms with van der Waals surface area (Å²) in [5, 5.41) is 13.7. The second-order valence-corrected chi connectivity index (χ2v) is 7.21. The van der Waals surface area contributed by atoms with Crippen molar-refractivity contribution in [3.8, 4) is 11.5 Å². The summed E-state index contributed by atoms with van der Waals surface area (Å²) < 4.78 is 11.3. The van der Waals surface area contributed by atoms with E-state index >= 15 is 0 Å². The molecule has 2 aromatic rings. The Hall–Kier alpha value is -3.35. The van der Waals surface area contributed by atoms with Crippen LogP contribution >= 0.6 is 0 Å². The summed E-state index contributed by atoms with van der Waals surface area (Å²) in [5.41, 5.74) is 1.19. The largest absolute Gasteiger partial charge is 0.497 e. The molecule has 7 heteroatoms. The normalized spacial score (nSPS) is 17.5. The minimum atomic E-state index is -0.459. The summed E-state index contributed by atoms with van der Waals surface area (Å²) in [6.07, 6.45) is 3.68. The lowest BCUT2D eigenvalue weighted by Crippen LogP contribution is -2.40. The molecule has 0 saturated heterocycles. The molecular weight excluding hydrogens is 360 g/mol. The quantitative estimate of drug-likeness (QED) is 0.479. The number of benzene rings is 2. The fourth-order valence-electron chi connectivity index (χ4n) is 3.19. The molecule has 28 heavy (non-hydrogen) atoms. The first kappa shape index (κ1) is 19.4. The standard InChI is InChI=1S/C21H22N2O5/c1-21(2)13-18(17-10-9-16(27-3)12-19(17)28-21)22-20(24)11-6-14-4-7-15(8-5-14)23(25)26/h4-12,18H,13H2,1-3H3,(H,22,24)/b11-6+/t18-/m1/s1. The zero-order valence-corrected chi connectivity index (χ0v) is 16.0. The van der Waals surface area contributed by atoms with E-state index in [2.05, 4.69) is 5.32 Å². The first-order chi connectivity index (χ1) is 13.3. The molecular formula is C21H22N2O5. The lowest BCUT2D eigenvalue weighted by atomic mass is 9.89. The molecule has 0 unspecified atom stereocenters. The Morgan fingerprint density at radius 1 is 1.29 bits per heavy atom. The third kappa shape index (κ3) is 4.49. The van der Waals surface area contributed by atoms with E-state index in [0.717, 1.165) is 5.56 Å². The van der Waals surface area contributed by atoms with Crippen molar-refractivity contribution in [2.75, 3.05) is 7.11 Å². The van der Waals surface area contributed by atoms with Gasteiger partial charge in [-0.2, -0.15) is 0 Å². The van der Waals surface area contributed by atoms with Gasteiger partial charge in [-0.1, -0.05) is 0 Å². The maximum Gasteiger partial charge on any atom is 0.269 e. The SMILES string of the molecule is COc1ccc2c(c1)OC(C)(C)C[C@H]2NC(=O)/C=C/c1ccc([N+](=O)[O-])cc1. The van der Waals surface area contributed by atoms with Gasteiger partial charge in [-0.05, 0) is 49.8 Å². The van der Waals surface area contributed by atoms with Crippen LogP contribution in [0.3, 0.4) is 0 Å². The fraction of sp³-hybridized carbons (Fsp3) is 0.286. The first-order valence-electron chi connectivity index (χ1n) is 8.87. The Kier molecular flexibility index (Phi) is 5.35. The van der Waals surface area contributed by atoms with Gasteiger partial charge in [0, 0.05) is 36.3 Å². The van der Waals surface area contributed by atoms with Crippen LogP contribution in [0.15, 0.2) is 48.5 Å². The number of methoxy groups -OCH3 is 1. The van der Waals surface area contributed by atoms with Gasteiger partial charge in [-0.15, -0.1) is 0 Å². The zero-order valence-electron chi connectivity index (χ0n) is 16.0. The molecule has 0 spiro atoms. The van der Waals surface area contributed by atoms with E-state index in [1.54, 1.807) is 25.3 Å². The molecule has 0 radical (unpaired) electrons. The summed E-state index contributed by atoms with van der Waals surface area (Å²) >= 11 is 0. The lowest BCUT2D eigenvalue weighted by Gasteiger charge is -2.37. The Labute approximate surface area is 163 Å². The number of carbonyl (C=O) groups is 1. The van der Waals surface area contributed by atoms with E-state index in [1.165, 1.54) is 18.2 Å². The highest BCUT2D eigenvalue weighted by atomic mass is 16.6. The molecule has 7 nitrogen and oxygen atoms in total. The molecule has 1 heterocycles. The molecule has 1 atom stereocenters.